The number of carbonyl (C=O) groups is 1. The average molecular weight is 401 g/mol. The Morgan fingerprint density at radius 3 is 2.34 bits per heavy atom. The van der Waals surface area contributed by atoms with Gasteiger partial charge in [-0.15, -0.1) is 0 Å². The minimum Gasteiger partial charge on any atom is -0.458 e. The van der Waals surface area contributed by atoms with Crippen LogP contribution in [0.25, 0.3) is 0 Å². The third kappa shape index (κ3) is 3.40. The largest absolute Gasteiger partial charge is 0.458 e. The highest BCUT2D eigenvalue weighted by atomic mass is 16.5. The van der Waals surface area contributed by atoms with Crippen molar-refractivity contribution in [2.45, 2.75) is 90.6 Å². The monoisotopic (exact) mass is 400 g/mol. The number of carbonyl (C=O) groups excluding carboxylic acids is 1. The molecule has 4 saturated carbocycles. The Hall–Kier alpha value is -0.830. The Bertz CT molecular complexity index is 667. The molecule has 0 bridgehead atoms. The molecule has 0 spiro atoms. The summed E-state index contributed by atoms with van der Waals surface area (Å²) < 4.78 is 5.83. The van der Waals surface area contributed by atoms with E-state index in [0.29, 0.717) is 17.4 Å². The van der Waals surface area contributed by atoms with E-state index in [1.165, 1.54) is 64.2 Å². The highest BCUT2D eigenvalue weighted by Crippen LogP contribution is 2.60. The fraction of sp³-hybridized carbons (Fsp3) is 0.885. The maximum atomic E-state index is 12.3. The molecule has 0 amide bonds. The van der Waals surface area contributed by atoms with Gasteiger partial charge in [-0.1, -0.05) is 31.8 Å². The van der Waals surface area contributed by atoms with Gasteiger partial charge in [-0.2, -0.15) is 0 Å². The van der Waals surface area contributed by atoms with Gasteiger partial charge in [0.05, 0.1) is 12.2 Å². The van der Waals surface area contributed by atoms with Crippen molar-refractivity contribution in [3.8, 4) is 0 Å². The molecule has 1 N–H and O–H groups in total. The highest BCUT2D eigenvalue weighted by Gasteiger charge is 2.52. The molecule has 0 aromatic carbocycles. The van der Waals surface area contributed by atoms with Crippen molar-refractivity contribution >= 4 is 5.97 Å². The number of hydrogen-bond donors (Lipinski definition) is 1. The first-order valence-corrected chi connectivity index (χ1v) is 12.6. The van der Waals surface area contributed by atoms with E-state index < -0.39 is 0 Å². The molecule has 1 aliphatic heterocycles. The first-order chi connectivity index (χ1) is 14.1. The maximum Gasteiger partial charge on any atom is 0.336 e. The fourth-order valence-corrected chi connectivity index (χ4v) is 8.80. The van der Waals surface area contributed by atoms with E-state index in [4.69, 9.17) is 4.74 Å². The molecule has 9 atom stereocenters. The second-order valence-corrected chi connectivity index (χ2v) is 11.2. The summed E-state index contributed by atoms with van der Waals surface area (Å²) in [6.07, 6.45) is 15.4. The zero-order chi connectivity index (χ0) is 20.1. The van der Waals surface area contributed by atoms with E-state index in [1.807, 2.05) is 6.92 Å². The molecule has 3 heteroatoms. The van der Waals surface area contributed by atoms with Gasteiger partial charge in [-0.05, 0) is 99.2 Å². The molecule has 5 aliphatic rings. The predicted octanol–water partition coefficient (Wildman–Crippen LogP) is 5.52. The van der Waals surface area contributed by atoms with E-state index in [9.17, 15) is 9.90 Å². The van der Waals surface area contributed by atoms with Gasteiger partial charge in [-0.3, -0.25) is 0 Å². The molecular weight excluding hydrogens is 360 g/mol. The quantitative estimate of drug-likeness (QED) is 0.635. The van der Waals surface area contributed by atoms with E-state index in [1.54, 1.807) is 0 Å². The first-order valence-electron chi connectivity index (χ1n) is 12.6. The molecule has 3 nitrogen and oxygen atoms in total. The van der Waals surface area contributed by atoms with Crippen LogP contribution in [0.2, 0.25) is 0 Å². The van der Waals surface area contributed by atoms with Crippen molar-refractivity contribution in [1.29, 1.82) is 0 Å². The van der Waals surface area contributed by atoms with Crippen molar-refractivity contribution < 1.29 is 14.6 Å². The molecule has 4 aliphatic carbocycles. The third-order valence-corrected chi connectivity index (χ3v) is 10.2. The first kappa shape index (κ1) is 20.1. The van der Waals surface area contributed by atoms with Gasteiger partial charge in [0.25, 0.3) is 0 Å². The van der Waals surface area contributed by atoms with Crippen LogP contribution in [-0.4, -0.2) is 23.8 Å². The number of aliphatic hydroxyl groups is 1. The van der Waals surface area contributed by atoms with Gasteiger partial charge in [0, 0.05) is 6.42 Å². The Labute approximate surface area is 176 Å². The van der Waals surface area contributed by atoms with Crippen LogP contribution in [0.3, 0.4) is 0 Å². The van der Waals surface area contributed by atoms with Crippen LogP contribution in [0.5, 0.6) is 0 Å². The minimum absolute atomic E-state index is 0.00774. The Kier molecular flexibility index (Phi) is 5.56. The number of aliphatic hydroxyl groups excluding tert-OH is 1. The van der Waals surface area contributed by atoms with Crippen molar-refractivity contribution in [3.05, 3.63) is 11.1 Å². The fourth-order valence-electron chi connectivity index (χ4n) is 8.80. The summed E-state index contributed by atoms with van der Waals surface area (Å²) in [5.74, 6) is 6.77. The lowest BCUT2D eigenvalue weighted by molar-refractivity contribution is -0.151. The van der Waals surface area contributed by atoms with Gasteiger partial charge in [-0.25, -0.2) is 4.79 Å². The minimum atomic E-state index is -0.276. The van der Waals surface area contributed by atoms with E-state index in [-0.39, 0.29) is 18.7 Å². The molecular formula is C26H40O3. The average Bonchev–Trinajstić information content (AvgIpc) is 3.17. The molecule has 9 unspecified atom stereocenters. The molecule has 0 aromatic rings. The summed E-state index contributed by atoms with van der Waals surface area (Å²) in [6, 6.07) is 0. The van der Waals surface area contributed by atoms with Gasteiger partial charge >= 0.3 is 5.97 Å². The Morgan fingerprint density at radius 2 is 1.55 bits per heavy atom. The maximum absolute atomic E-state index is 12.3. The molecule has 0 radical (unpaired) electrons. The van der Waals surface area contributed by atoms with Gasteiger partial charge < -0.3 is 9.84 Å². The van der Waals surface area contributed by atoms with E-state index in [2.05, 4.69) is 6.92 Å². The summed E-state index contributed by atoms with van der Waals surface area (Å²) in [4.78, 5) is 12.3. The molecule has 0 aromatic heterocycles. The molecule has 4 fully saturated rings. The summed E-state index contributed by atoms with van der Waals surface area (Å²) in [6.45, 7) is 4.15. The van der Waals surface area contributed by atoms with E-state index in [0.717, 1.165) is 47.5 Å². The number of rotatable bonds is 3. The standard InChI is InChI=1S/C26H40O3/c1-15-13-25(29-26(28)24(15)14-27)16(2)18-9-10-23-20(18)11-12-21-19-6-4-3-5-17(19)7-8-22(21)23/h16-23,25,27H,3-14H2,1-2H3. The molecule has 162 valence electrons. The summed E-state index contributed by atoms with van der Waals surface area (Å²) in [5, 5.41) is 9.46. The Balaban J connectivity index is 1.28. The summed E-state index contributed by atoms with van der Waals surface area (Å²) in [5.41, 5.74) is 1.52. The van der Waals surface area contributed by atoms with Crippen LogP contribution in [0.15, 0.2) is 11.1 Å². The van der Waals surface area contributed by atoms with Crippen molar-refractivity contribution in [3.63, 3.8) is 0 Å². The molecule has 29 heavy (non-hydrogen) atoms. The van der Waals surface area contributed by atoms with Crippen molar-refractivity contribution in [2.75, 3.05) is 6.61 Å². The molecule has 1 heterocycles. The topological polar surface area (TPSA) is 46.5 Å². The predicted molar refractivity (Wildman–Crippen MR) is 114 cm³/mol. The summed E-state index contributed by atoms with van der Waals surface area (Å²) >= 11 is 0. The number of esters is 1. The molecule has 5 rings (SSSR count). The Morgan fingerprint density at radius 1 is 0.897 bits per heavy atom. The smallest absolute Gasteiger partial charge is 0.336 e. The van der Waals surface area contributed by atoms with Gasteiger partial charge in [0.2, 0.25) is 0 Å². The zero-order valence-corrected chi connectivity index (χ0v) is 18.4. The third-order valence-electron chi connectivity index (χ3n) is 10.2. The lowest BCUT2D eigenvalue weighted by Gasteiger charge is -2.52. The van der Waals surface area contributed by atoms with E-state index >= 15 is 0 Å². The molecule has 0 saturated heterocycles. The lowest BCUT2D eigenvalue weighted by Crippen LogP contribution is -2.45. The van der Waals surface area contributed by atoms with Gasteiger partial charge in [0.15, 0.2) is 0 Å². The number of fused-ring (bicyclic) bond motifs is 5. The number of hydrogen-bond acceptors (Lipinski definition) is 3. The van der Waals surface area contributed by atoms with Crippen LogP contribution in [-0.2, 0) is 9.53 Å². The second-order valence-electron chi connectivity index (χ2n) is 11.2. The SMILES string of the molecule is CC1=C(CO)C(=O)OC(C(C)C2CCC3C2CCC2C4CCCCC4CCC23)C1. The number of ether oxygens (including phenoxy) is 1. The van der Waals surface area contributed by atoms with Crippen LogP contribution < -0.4 is 0 Å². The van der Waals surface area contributed by atoms with Crippen molar-refractivity contribution in [2.24, 2.45) is 47.3 Å². The van der Waals surface area contributed by atoms with Gasteiger partial charge in [0.1, 0.15) is 6.10 Å². The number of cyclic esters (lactones) is 1. The van der Waals surface area contributed by atoms with Crippen molar-refractivity contribution in [1.82, 2.24) is 0 Å². The zero-order valence-electron chi connectivity index (χ0n) is 18.4. The second kappa shape index (κ2) is 8.02. The van der Waals surface area contributed by atoms with Crippen LogP contribution >= 0.6 is 0 Å². The van der Waals surface area contributed by atoms with Crippen LogP contribution in [0.1, 0.15) is 84.5 Å². The normalized spacial score (nSPS) is 45.8. The highest BCUT2D eigenvalue weighted by molar-refractivity contribution is 5.90. The lowest BCUT2D eigenvalue weighted by atomic mass is 9.53. The van der Waals surface area contributed by atoms with Crippen LogP contribution in [0.4, 0.5) is 0 Å². The van der Waals surface area contributed by atoms with Crippen LogP contribution in [0, 0.1) is 47.3 Å². The summed E-state index contributed by atoms with van der Waals surface area (Å²) in [7, 11) is 0.